The summed E-state index contributed by atoms with van der Waals surface area (Å²) in [6.07, 6.45) is 3.62. The van der Waals surface area contributed by atoms with E-state index in [1.165, 1.54) is 12.5 Å². The Morgan fingerprint density at radius 1 is 1.50 bits per heavy atom. The third kappa shape index (κ3) is 2.66. The van der Waals surface area contributed by atoms with Crippen LogP contribution in [0.15, 0.2) is 17.0 Å². The van der Waals surface area contributed by atoms with Crippen molar-refractivity contribution in [3.63, 3.8) is 0 Å². The van der Waals surface area contributed by atoms with Gasteiger partial charge < -0.3 is 9.84 Å². The minimum atomic E-state index is 0.492. The number of hydrogen-bond acceptors (Lipinski definition) is 6. The Morgan fingerprint density at radius 2 is 2.38 bits per heavy atom. The maximum atomic E-state index is 5.87. The molecule has 0 atom stereocenters. The van der Waals surface area contributed by atoms with Crippen molar-refractivity contribution >= 4 is 17.4 Å². The van der Waals surface area contributed by atoms with E-state index in [1.807, 2.05) is 0 Å². The molecule has 0 radical (unpaired) electrons. The molecule has 2 aromatic rings. The predicted octanol–water partition coefficient (Wildman–Crippen LogP) is 1.48. The van der Waals surface area contributed by atoms with Gasteiger partial charge in [0, 0.05) is 19.9 Å². The topological polar surface area (TPSA) is 76.7 Å². The van der Waals surface area contributed by atoms with Crippen molar-refractivity contribution in [2.45, 2.75) is 13.3 Å². The van der Waals surface area contributed by atoms with Crippen LogP contribution in [0.1, 0.15) is 11.7 Å². The summed E-state index contributed by atoms with van der Waals surface area (Å²) in [6, 6.07) is 0. The van der Waals surface area contributed by atoms with Crippen LogP contribution in [0.25, 0.3) is 0 Å². The lowest BCUT2D eigenvalue weighted by Gasteiger charge is -2.03. The maximum absolute atomic E-state index is 5.87. The molecule has 84 valence electrons. The quantitative estimate of drug-likeness (QED) is 0.871. The van der Waals surface area contributed by atoms with Crippen LogP contribution >= 0.6 is 11.6 Å². The predicted molar refractivity (Wildman–Crippen MR) is 58.3 cm³/mol. The average Bonchev–Trinajstić information content (AvgIpc) is 2.67. The maximum Gasteiger partial charge on any atom is 0.223 e. The molecule has 16 heavy (non-hydrogen) atoms. The number of hydrogen-bond donors (Lipinski definition) is 1. The summed E-state index contributed by atoms with van der Waals surface area (Å²) >= 11 is 5.87. The van der Waals surface area contributed by atoms with Gasteiger partial charge in [-0.3, -0.25) is 0 Å². The Morgan fingerprint density at radius 3 is 3.06 bits per heavy atom. The molecule has 0 fully saturated rings. The van der Waals surface area contributed by atoms with Gasteiger partial charge in [-0.2, -0.15) is 4.98 Å². The Balaban J connectivity index is 1.87. The second kappa shape index (κ2) is 4.89. The lowest BCUT2D eigenvalue weighted by Crippen LogP contribution is -2.07. The van der Waals surface area contributed by atoms with Crippen LogP contribution in [0, 0.1) is 6.92 Å². The van der Waals surface area contributed by atoms with E-state index < -0.39 is 0 Å². The number of anilines is 1. The number of aryl methyl sites for hydroxylation is 1. The van der Waals surface area contributed by atoms with Gasteiger partial charge in [-0.25, -0.2) is 9.97 Å². The molecule has 0 bridgehead atoms. The van der Waals surface area contributed by atoms with Crippen molar-refractivity contribution in [2.75, 3.05) is 11.9 Å². The van der Waals surface area contributed by atoms with Crippen molar-refractivity contribution in [3.05, 3.63) is 29.3 Å². The van der Waals surface area contributed by atoms with Gasteiger partial charge in [0.05, 0.1) is 6.20 Å². The standard InChI is InChI=1S/C9H10ClN5O/c1-6-14-8(15-16-6)2-3-12-9-7(10)4-11-5-13-9/h4-5H,2-3H2,1H3,(H,11,12,13). The van der Waals surface area contributed by atoms with E-state index in [9.17, 15) is 0 Å². The van der Waals surface area contributed by atoms with Crippen LogP contribution in [-0.4, -0.2) is 26.7 Å². The van der Waals surface area contributed by atoms with Crippen LogP contribution in [0.4, 0.5) is 5.82 Å². The van der Waals surface area contributed by atoms with Crippen LogP contribution in [0.2, 0.25) is 5.02 Å². The molecule has 1 N–H and O–H groups in total. The van der Waals surface area contributed by atoms with Crippen molar-refractivity contribution in [3.8, 4) is 0 Å². The molecule has 6 nitrogen and oxygen atoms in total. The molecule has 0 amide bonds. The zero-order chi connectivity index (χ0) is 11.4. The SMILES string of the molecule is Cc1nc(CCNc2ncncc2Cl)no1. The summed E-state index contributed by atoms with van der Waals surface area (Å²) in [5, 5.41) is 7.34. The van der Waals surface area contributed by atoms with Crippen molar-refractivity contribution in [1.82, 2.24) is 20.1 Å². The molecule has 7 heteroatoms. The molecule has 0 saturated carbocycles. The van der Waals surface area contributed by atoms with E-state index in [4.69, 9.17) is 16.1 Å². The van der Waals surface area contributed by atoms with Gasteiger partial charge in [0.25, 0.3) is 0 Å². The second-order valence-electron chi connectivity index (χ2n) is 3.13. The first-order valence-corrected chi connectivity index (χ1v) is 5.12. The van der Waals surface area contributed by atoms with Crippen LogP contribution in [0.3, 0.4) is 0 Å². The lowest BCUT2D eigenvalue weighted by atomic mass is 10.4. The first-order valence-electron chi connectivity index (χ1n) is 4.74. The smallest absolute Gasteiger partial charge is 0.223 e. The largest absolute Gasteiger partial charge is 0.368 e. The minimum Gasteiger partial charge on any atom is -0.368 e. The monoisotopic (exact) mass is 239 g/mol. The van der Waals surface area contributed by atoms with E-state index in [-0.39, 0.29) is 0 Å². The summed E-state index contributed by atoms with van der Waals surface area (Å²) < 4.78 is 4.85. The lowest BCUT2D eigenvalue weighted by molar-refractivity contribution is 0.387. The highest BCUT2D eigenvalue weighted by Gasteiger charge is 2.03. The fourth-order valence-corrected chi connectivity index (χ4v) is 1.35. The highest BCUT2D eigenvalue weighted by atomic mass is 35.5. The molecule has 0 aliphatic rings. The molecule has 0 spiro atoms. The number of rotatable bonds is 4. The normalized spacial score (nSPS) is 10.4. The molecule has 2 heterocycles. The molecule has 0 aliphatic carbocycles. The highest BCUT2D eigenvalue weighted by Crippen LogP contribution is 2.15. The average molecular weight is 240 g/mol. The number of nitrogens with zero attached hydrogens (tertiary/aromatic N) is 4. The number of nitrogens with one attached hydrogen (secondary N) is 1. The summed E-state index contributed by atoms with van der Waals surface area (Å²) in [4.78, 5) is 11.9. The molecule has 2 aromatic heterocycles. The molecule has 0 aromatic carbocycles. The Kier molecular flexibility index (Phi) is 3.31. The van der Waals surface area contributed by atoms with Gasteiger partial charge in [-0.05, 0) is 0 Å². The first kappa shape index (κ1) is 10.8. The van der Waals surface area contributed by atoms with E-state index in [2.05, 4.69) is 25.4 Å². The number of aromatic nitrogens is 4. The van der Waals surface area contributed by atoms with Crippen molar-refractivity contribution < 1.29 is 4.52 Å². The van der Waals surface area contributed by atoms with Crippen LogP contribution in [0.5, 0.6) is 0 Å². The molecule has 0 saturated heterocycles. The molecule has 0 unspecified atom stereocenters. The Labute approximate surface area is 97.1 Å². The zero-order valence-electron chi connectivity index (χ0n) is 8.64. The Hall–Kier alpha value is -1.69. The van der Waals surface area contributed by atoms with E-state index in [1.54, 1.807) is 6.92 Å². The molecular formula is C9H10ClN5O. The van der Waals surface area contributed by atoms with Crippen molar-refractivity contribution in [1.29, 1.82) is 0 Å². The summed E-state index contributed by atoms with van der Waals surface area (Å²) in [7, 11) is 0. The van der Waals surface area contributed by atoms with Crippen molar-refractivity contribution in [2.24, 2.45) is 0 Å². The first-order chi connectivity index (χ1) is 7.75. The highest BCUT2D eigenvalue weighted by molar-refractivity contribution is 6.32. The van der Waals surface area contributed by atoms with Gasteiger partial charge in [0.1, 0.15) is 17.2 Å². The summed E-state index contributed by atoms with van der Waals surface area (Å²) in [5.41, 5.74) is 0. The summed E-state index contributed by atoms with van der Waals surface area (Å²) in [5.74, 6) is 1.84. The minimum absolute atomic E-state index is 0.492. The third-order valence-corrected chi connectivity index (χ3v) is 2.15. The van der Waals surface area contributed by atoms with E-state index in [0.717, 1.165) is 0 Å². The van der Waals surface area contributed by atoms with Crippen LogP contribution in [-0.2, 0) is 6.42 Å². The fraction of sp³-hybridized carbons (Fsp3) is 0.333. The molecule has 2 rings (SSSR count). The van der Waals surface area contributed by atoms with Gasteiger partial charge >= 0.3 is 0 Å². The van der Waals surface area contributed by atoms with Gasteiger partial charge in [0.2, 0.25) is 5.89 Å². The molecular weight excluding hydrogens is 230 g/mol. The third-order valence-electron chi connectivity index (χ3n) is 1.88. The molecule has 0 aliphatic heterocycles. The Bertz CT molecular complexity index is 472. The van der Waals surface area contributed by atoms with E-state index in [0.29, 0.717) is 35.5 Å². The summed E-state index contributed by atoms with van der Waals surface area (Å²) in [6.45, 7) is 2.39. The number of halogens is 1. The van der Waals surface area contributed by atoms with Gasteiger partial charge in [-0.1, -0.05) is 16.8 Å². The zero-order valence-corrected chi connectivity index (χ0v) is 9.40. The van der Waals surface area contributed by atoms with Gasteiger partial charge in [0.15, 0.2) is 5.82 Å². The van der Waals surface area contributed by atoms with E-state index >= 15 is 0 Å². The van der Waals surface area contributed by atoms with Gasteiger partial charge in [-0.15, -0.1) is 0 Å². The van der Waals surface area contributed by atoms with Crippen LogP contribution < -0.4 is 5.32 Å². The second-order valence-corrected chi connectivity index (χ2v) is 3.53. The fourth-order valence-electron chi connectivity index (χ4n) is 1.18.